The van der Waals surface area contributed by atoms with Crippen LogP contribution in [0.5, 0.6) is 0 Å². The molecule has 1 aromatic carbocycles. The molecule has 1 nitrogen and oxygen atoms in total. The normalized spacial score (nSPS) is 12.8. The fourth-order valence-electron chi connectivity index (χ4n) is 2.50. The van der Waals surface area contributed by atoms with E-state index < -0.39 is 0 Å². The average Bonchev–Trinajstić information content (AvgIpc) is 2.96. The Labute approximate surface area is 137 Å². The summed E-state index contributed by atoms with van der Waals surface area (Å²) in [5.74, 6) is 1.14. The molecule has 0 aliphatic rings. The molecule has 1 heterocycles. The molecule has 21 heavy (non-hydrogen) atoms. The van der Waals surface area contributed by atoms with Crippen LogP contribution in [0.1, 0.15) is 37.3 Å². The molecule has 0 aliphatic carbocycles. The summed E-state index contributed by atoms with van der Waals surface area (Å²) in [5, 5.41) is 8.86. The van der Waals surface area contributed by atoms with E-state index in [2.05, 4.69) is 48.1 Å². The van der Waals surface area contributed by atoms with Crippen molar-refractivity contribution in [1.82, 2.24) is 5.32 Å². The number of nitrogens with one attached hydrogen (secondary N) is 1. The maximum absolute atomic E-state index is 6.40. The number of thiophene rings is 1. The molecule has 0 saturated heterocycles. The number of halogens is 1. The van der Waals surface area contributed by atoms with Crippen molar-refractivity contribution in [3.63, 3.8) is 0 Å². The van der Waals surface area contributed by atoms with Gasteiger partial charge in [0.05, 0.1) is 0 Å². The van der Waals surface area contributed by atoms with Crippen LogP contribution < -0.4 is 5.32 Å². The maximum atomic E-state index is 6.40. The molecule has 0 saturated carbocycles. The molecular weight excluding hydrogens is 298 g/mol. The predicted octanol–water partition coefficient (Wildman–Crippen LogP) is 5.36. The zero-order chi connectivity index (χ0) is 15.1. The molecule has 1 N–H and O–H groups in total. The smallest absolute Gasteiger partial charge is 0.0441 e. The predicted molar refractivity (Wildman–Crippen MR) is 94.5 cm³/mol. The van der Waals surface area contributed by atoms with Crippen molar-refractivity contribution in [1.29, 1.82) is 0 Å². The van der Waals surface area contributed by atoms with Crippen molar-refractivity contribution in [3.8, 4) is 0 Å². The van der Waals surface area contributed by atoms with Crippen LogP contribution in [0.15, 0.2) is 41.1 Å². The van der Waals surface area contributed by atoms with E-state index in [1.54, 1.807) is 11.3 Å². The molecular formula is C18H24ClNS. The van der Waals surface area contributed by atoms with Gasteiger partial charge in [-0.2, -0.15) is 11.3 Å². The third-order valence-electron chi connectivity index (χ3n) is 3.65. The Kier molecular flexibility index (Phi) is 6.75. The number of hydrogen-bond donors (Lipinski definition) is 1. The summed E-state index contributed by atoms with van der Waals surface area (Å²) >= 11 is 8.17. The van der Waals surface area contributed by atoms with Gasteiger partial charge in [0, 0.05) is 11.6 Å². The van der Waals surface area contributed by atoms with Crippen LogP contribution in [0.2, 0.25) is 5.02 Å². The first-order chi connectivity index (χ1) is 10.2. The zero-order valence-corrected chi connectivity index (χ0v) is 14.4. The standard InChI is InChI=1S/C18H24ClNS/c1-14(2)11-20-12-16(8-7-15-9-10-21-13-15)17-5-3-4-6-18(17)19/h3-6,9-10,13-14,16,20H,7-8,11-12H2,1-2H3. The minimum absolute atomic E-state index is 0.470. The van der Waals surface area contributed by atoms with Gasteiger partial charge in [0.25, 0.3) is 0 Å². The molecule has 0 radical (unpaired) electrons. The van der Waals surface area contributed by atoms with E-state index in [1.807, 2.05) is 12.1 Å². The highest BCUT2D eigenvalue weighted by Gasteiger charge is 2.14. The van der Waals surface area contributed by atoms with E-state index in [0.29, 0.717) is 11.8 Å². The number of rotatable bonds is 8. The quantitative estimate of drug-likeness (QED) is 0.689. The maximum Gasteiger partial charge on any atom is 0.0441 e. The molecule has 1 aromatic heterocycles. The third kappa shape index (κ3) is 5.46. The molecule has 0 bridgehead atoms. The van der Waals surface area contributed by atoms with Gasteiger partial charge in [-0.1, -0.05) is 43.6 Å². The number of aryl methyl sites for hydroxylation is 1. The van der Waals surface area contributed by atoms with Gasteiger partial charge in [0.1, 0.15) is 0 Å². The summed E-state index contributed by atoms with van der Waals surface area (Å²) in [5.41, 5.74) is 2.70. The lowest BCUT2D eigenvalue weighted by atomic mass is 9.92. The average molecular weight is 322 g/mol. The SMILES string of the molecule is CC(C)CNCC(CCc1ccsc1)c1ccccc1Cl. The fraction of sp³-hybridized carbons (Fsp3) is 0.444. The molecule has 0 spiro atoms. The van der Waals surface area contributed by atoms with Gasteiger partial charge in [-0.15, -0.1) is 0 Å². The molecule has 0 fully saturated rings. The highest BCUT2D eigenvalue weighted by Crippen LogP contribution is 2.28. The van der Waals surface area contributed by atoms with Crippen LogP contribution >= 0.6 is 22.9 Å². The van der Waals surface area contributed by atoms with Crippen LogP contribution in [0.3, 0.4) is 0 Å². The Hall–Kier alpha value is -0.830. The zero-order valence-electron chi connectivity index (χ0n) is 12.8. The summed E-state index contributed by atoms with van der Waals surface area (Å²) in [4.78, 5) is 0. The third-order valence-corrected chi connectivity index (χ3v) is 4.73. The molecule has 114 valence electrons. The number of benzene rings is 1. The highest BCUT2D eigenvalue weighted by molar-refractivity contribution is 7.07. The van der Waals surface area contributed by atoms with E-state index in [9.17, 15) is 0 Å². The van der Waals surface area contributed by atoms with Gasteiger partial charge in [-0.3, -0.25) is 0 Å². The minimum atomic E-state index is 0.470. The van der Waals surface area contributed by atoms with Crippen molar-refractivity contribution in [3.05, 3.63) is 57.2 Å². The van der Waals surface area contributed by atoms with Gasteiger partial charge in [-0.25, -0.2) is 0 Å². The van der Waals surface area contributed by atoms with Crippen LogP contribution in [0.4, 0.5) is 0 Å². The van der Waals surface area contributed by atoms with E-state index in [4.69, 9.17) is 11.6 Å². The van der Waals surface area contributed by atoms with Gasteiger partial charge in [0.2, 0.25) is 0 Å². The first-order valence-electron chi connectivity index (χ1n) is 7.63. The second-order valence-corrected chi connectivity index (χ2v) is 7.13. The van der Waals surface area contributed by atoms with Crippen molar-refractivity contribution < 1.29 is 0 Å². The summed E-state index contributed by atoms with van der Waals surface area (Å²) < 4.78 is 0. The summed E-state index contributed by atoms with van der Waals surface area (Å²) in [6, 6.07) is 10.5. The van der Waals surface area contributed by atoms with Crippen LogP contribution in [0.25, 0.3) is 0 Å². The molecule has 0 amide bonds. The summed E-state index contributed by atoms with van der Waals surface area (Å²) in [6.07, 6.45) is 2.24. The summed E-state index contributed by atoms with van der Waals surface area (Å²) in [7, 11) is 0. The first kappa shape index (κ1) is 16.5. The van der Waals surface area contributed by atoms with Crippen molar-refractivity contribution >= 4 is 22.9 Å². The van der Waals surface area contributed by atoms with Crippen LogP contribution in [0, 0.1) is 5.92 Å². The lowest BCUT2D eigenvalue weighted by Gasteiger charge is -2.20. The lowest BCUT2D eigenvalue weighted by Crippen LogP contribution is -2.26. The van der Waals surface area contributed by atoms with E-state index in [1.165, 1.54) is 11.1 Å². The Morgan fingerprint density at radius 3 is 2.62 bits per heavy atom. The molecule has 0 aliphatic heterocycles. The van der Waals surface area contributed by atoms with Gasteiger partial charge < -0.3 is 5.32 Å². The molecule has 1 atom stereocenters. The molecule has 3 heteroatoms. The van der Waals surface area contributed by atoms with Gasteiger partial charge >= 0.3 is 0 Å². The van der Waals surface area contributed by atoms with E-state index in [0.717, 1.165) is 31.0 Å². The number of hydrogen-bond acceptors (Lipinski definition) is 2. The second-order valence-electron chi connectivity index (χ2n) is 5.94. The van der Waals surface area contributed by atoms with Crippen LogP contribution in [-0.4, -0.2) is 13.1 Å². The van der Waals surface area contributed by atoms with Crippen molar-refractivity contribution in [2.75, 3.05) is 13.1 Å². The van der Waals surface area contributed by atoms with Gasteiger partial charge in [0.15, 0.2) is 0 Å². The molecule has 1 unspecified atom stereocenters. The fourth-order valence-corrected chi connectivity index (χ4v) is 3.49. The Morgan fingerprint density at radius 2 is 1.95 bits per heavy atom. The summed E-state index contributed by atoms with van der Waals surface area (Å²) in [6.45, 7) is 6.52. The van der Waals surface area contributed by atoms with E-state index in [-0.39, 0.29) is 0 Å². The highest BCUT2D eigenvalue weighted by atomic mass is 35.5. The van der Waals surface area contributed by atoms with Gasteiger partial charge in [-0.05, 0) is 65.2 Å². The topological polar surface area (TPSA) is 12.0 Å². The van der Waals surface area contributed by atoms with E-state index >= 15 is 0 Å². The minimum Gasteiger partial charge on any atom is -0.316 e. The second kappa shape index (κ2) is 8.57. The monoisotopic (exact) mass is 321 g/mol. The molecule has 2 rings (SSSR count). The Morgan fingerprint density at radius 1 is 1.14 bits per heavy atom. The Bertz CT molecular complexity index is 522. The van der Waals surface area contributed by atoms with Crippen molar-refractivity contribution in [2.24, 2.45) is 5.92 Å². The Balaban J connectivity index is 2.01. The van der Waals surface area contributed by atoms with Crippen LogP contribution in [-0.2, 0) is 6.42 Å². The van der Waals surface area contributed by atoms with Crippen molar-refractivity contribution in [2.45, 2.75) is 32.6 Å². The molecule has 2 aromatic rings. The lowest BCUT2D eigenvalue weighted by molar-refractivity contribution is 0.500. The first-order valence-corrected chi connectivity index (χ1v) is 8.95. The largest absolute Gasteiger partial charge is 0.316 e.